The molecule has 6 aromatic rings. The van der Waals surface area contributed by atoms with E-state index in [-0.39, 0.29) is 27.8 Å². The Morgan fingerprint density at radius 2 is 0.800 bits per heavy atom. The first-order valence-corrected chi connectivity index (χ1v) is 22.3. The van der Waals surface area contributed by atoms with E-state index in [1.807, 2.05) is 60.7 Å². The molecule has 2 aliphatic carbocycles. The van der Waals surface area contributed by atoms with Crippen molar-refractivity contribution < 1.29 is 20.4 Å². The topological polar surface area (TPSA) is 44.6 Å². The zero-order valence-corrected chi connectivity index (χ0v) is 35.2. The van der Waals surface area contributed by atoms with Gasteiger partial charge in [-0.25, -0.2) is 0 Å². The van der Waals surface area contributed by atoms with Crippen molar-refractivity contribution in [2.75, 3.05) is 6.66 Å². The van der Waals surface area contributed by atoms with E-state index in [1.165, 1.54) is 29.9 Å². The standard InChI is InChI=1S/C19H19P.C13H13P.2C7H6N.C3H8.CH4.Pd/c1-3-7-17(8-4-1)20(18-9-5-2-6-10-18)19-14-15-11-12-16(19)13-15;1-14(12-8-4-2-5-9-12)13-10-6-3-7-11-13;2*8-6-7-4-2-1-3-5-7;1-3-2;;/h1-12,15-16,19H,13-14H2;2-11H,1H3;2*1-6H;3H2,1-2H3;1H4;/q;;2*-1;;;+2/p+2/t15-,16+,19?;;;;;;/m1....../s1. The van der Waals surface area contributed by atoms with Crippen LogP contribution >= 0.6 is 15.8 Å². The Hall–Kier alpha value is -4.08. The molecule has 0 amide bonds. The third-order valence-corrected chi connectivity index (χ3v) is 14.8. The van der Waals surface area contributed by atoms with Gasteiger partial charge in [0.15, 0.2) is 0 Å². The van der Waals surface area contributed by atoms with Gasteiger partial charge in [0.2, 0.25) is 0 Å². The molecule has 55 heavy (non-hydrogen) atoms. The van der Waals surface area contributed by atoms with Gasteiger partial charge >= 0.3 is 20.4 Å². The van der Waals surface area contributed by atoms with Crippen LogP contribution in [0, 0.1) is 11.8 Å². The van der Waals surface area contributed by atoms with E-state index in [4.69, 9.17) is 10.8 Å². The SMILES string of the molecule is C.C1=C[C@H]2C[C@@H]1CC2[PH+](c1ccccc1)c1ccccc1.CCC.C[PH+](c1ccccc1)c1ccccc1.[N-]=Cc1ccccc1.[N-]=Cc1ccccc1.[Pd+2]. The molecule has 0 N–H and O–H groups in total. The first-order valence-electron chi connectivity index (χ1n) is 18.7. The monoisotopic (exact) mass is 854 g/mol. The molecule has 1 unspecified atom stereocenters. The molecule has 0 spiro atoms. The van der Waals surface area contributed by atoms with Crippen molar-refractivity contribution in [1.82, 2.24) is 0 Å². The molecule has 2 aliphatic rings. The largest absolute Gasteiger partial charge is 2.00 e. The third-order valence-electron chi connectivity index (χ3n) is 9.13. The smallest absolute Gasteiger partial charge is 0.810 e. The third kappa shape index (κ3) is 15.9. The summed E-state index contributed by atoms with van der Waals surface area (Å²) in [4.78, 5) is 0. The van der Waals surface area contributed by atoms with E-state index in [1.54, 1.807) is 10.6 Å². The Balaban J connectivity index is 0.000000262. The van der Waals surface area contributed by atoms with E-state index in [0.717, 1.165) is 41.1 Å². The predicted molar refractivity (Wildman–Crippen MR) is 249 cm³/mol. The summed E-state index contributed by atoms with van der Waals surface area (Å²) in [7, 11) is -1.20. The Morgan fingerprint density at radius 3 is 1.05 bits per heavy atom. The minimum Gasteiger partial charge on any atom is -0.810 e. The molecule has 6 aromatic carbocycles. The second kappa shape index (κ2) is 27.5. The number of rotatable bonds is 7. The van der Waals surface area contributed by atoms with Gasteiger partial charge in [-0.2, -0.15) is 12.4 Å². The molecular weight excluding hydrogens is 797 g/mol. The van der Waals surface area contributed by atoms with E-state index in [9.17, 15) is 0 Å². The fourth-order valence-electron chi connectivity index (χ4n) is 6.56. The second-order valence-electron chi connectivity index (χ2n) is 13.2. The number of hydrogen-bond donors (Lipinski definition) is 0. The average molecular weight is 855 g/mol. The van der Waals surface area contributed by atoms with Gasteiger partial charge in [0.05, 0.1) is 49.4 Å². The average Bonchev–Trinajstić information content (AvgIpc) is 3.88. The zero-order valence-electron chi connectivity index (χ0n) is 31.7. The second-order valence-corrected chi connectivity index (χ2v) is 18.3. The molecule has 2 nitrogen and oxygen atoms in total. The van der Waals surface area contributed by atoms with Crippen LogP contribution in [-0.4, -0.2) is 24.8 Å². The molecule has 5 heteroatoms. The summed E-state index contributed by atoms with van der Waals surface area (Å²) in [6.07, 6.45) is 11.2. The molecule has 0 heterocycles. The summed E-state index contributed by atoms with van der Waals surface area (Å²) < 4.78 is 0. The minimum atomic E-state index is -0.659. The minimum absolute atomic E-state index is 0. The van der Waals surface area contributed by atoms with Crippen LogP contribution in [0.4, 0.5) is 0 Å². The zero-order chi connectivity index (χ0) is 37.5. The van der Waals surface area contributed by atoms with Crippen LogP contribution in [0.3, 0.4) is 0 Å². The Morgan fingerprint density at radius 1 is 0.491 bits per heavy atom. The maximum Gasteiger partial charge on any atom is 2.00 e. The normalized spacial score (nSPS) is 15.4. The van der Waals surface area contributed by atoms with Crippen LogP contribution in [0.1, 0.15) is 51.7 Å². The van der Waals surface area contributed by atoms with Gasteiger partial charge in [-0.05, 0) is 78.4 Å². The fourth-order valence-corrected chi connectivity index (χ4v) is 11.8. The first kappa shape index (κ1) is 47.1. The molecule has 0 aromatic heterocycles. The number of allylic oxidation sites excluding steroid dienone is 2. The number of nitrogens with zero attached hydrogens (tertiary/aromatic N) is 2. The fraction of sp³-hybridized carbons (Fsp3) is 0.200. The molecule has 0 aliphatic heterocycles. The van der Waals surface area contributed by atoms with Crippen LogP contribution in [0.15, 0.2) is 194 Å². The van der Waals surface area contributed by atoms with E-state index in [0.29, 0.717) is 0 Å². The Kier molecular flexibility index (Phi) is 23.5. The molecule has 8 rings (SSSR count). The first-order chi connectivity index (χ1) is 26.1. The van der Waals surface area contributed by atoms with Crippen LogP contribution in [0.25, 0.3) is 10.8 Å². The van der Waals surface area contributed by atoms with Gasteiger partial charge in [-0.15, -0.1) is 0 Å². The molecular formula is C50H58N2P2Pd+2. The summed E-state index contributed by atoms with van der Waals surface area (Å²) in [5.74, 6) is 1.69. The predicted octanol–water partition coefficient (Wildman–Crippen LogP) is 11.7. The molecule has 1 fully saturated rings. The van der Waals surface area contributed by atoms with Crippen LogP contribution in [0.2, 0.25) is 0 Å². The van der Waals surface area contributed by atoms with Crippen LogP contribution in [-0.2, 0) is 20.4 Å². The van der Waals surface area contributed by atoms with Crippen molar-refractivity contribution in [1.29, 1.82) is 0 Å². The van der Waals surface area contributed by atoms with Gasteiger partial charge in [0, 0.05) is 5.92 Å². The maximum atomic E-state index is 8.41. The summed E-state index contributed by atoms with van der Waals surface area (Å²) >= 11 is 0. The summed E-state index contributed by atoms with van der Waals surface area (Å²) in [6, 6.07) is 62.6. The Bertz CT molecular complexity index is 1750. The quantitative estimate of drug-likeness (QED) is 0.0665. The summed E-state index contributed by atoms with van der Waals surface area (Å²) in [5, 5.41) is 22.9. The number of benzene rings is 6. The maximum absolute atomic E-state index is 8.41. The van der Waals surface area contributed by atoms with Crippen molar-refractivity contribution >= 4 is 49.5 Å². The van der Waals surface area contributed by atoms with E-state index < -0.39 is 15.8 Å². The summed E-state index contributed by atoms with van der Waals surface area (Å²) in [5.41, 5.74) is 2.56. The van der Waals surface area contributed by atoms with Crippen molar-refractivity contribution in [2.45, 2.75) is 46.2 Å². The number of fused-ring (bicyclic) bond motifs is 2. The van der Waals surface area contributed by atoms with Crippen LogP contribution in [0.5, 0.6) is 0 Å². The van der Waals surface area contributed by atoms with Gasteiger partial charge in [0.25, 0.3) is 0 Å². The summed E-state index contributed by atoms with van der Waals surface area (Å²) in [6.45, 7) is 6.59. The molecule has 0 saturated heterocycles. The van der Waals surface area contributed by atoms with E-state index in [2.05, 4.69) is 154 Å². The van der Waals surface area contributed by atoms with Gasteiger partial charge in [0.1, 0.15) is 0 Å². The van der Waals surface area contributed by atoms with Gasteiger partial charge < -0.3 is 10.8 Å². The van der Waals surface area contributed by atoms with Crippen molar-refractivity contribution in [3.63, 3.8) is 0 Å². The van der Waals surface area contributed by atoms with Crippen molar-refractivity contribution in [2.24, 2.45) is 11.8 Å². The Labute approximate surface area is 348 Å². The van der Waals surface area contributed by atoms with Gasteiger partial charge in [-0.3, -0.25) is 0 Å². The molecule has 2 bridgehead atoms. The van der Waals surface area contributed by atoms with Crippen molar-refractivity contribution in [3.05, 3.63) is 216 Å². The molecule has 1 saturated carbocycles. The van der Waals surface area contributed by atoms with Crippen molar-refractivity contribution in [3.8, 4) is 0 Å². The van der Waals surface area contributed by atoms with Gasteiger partial charge in [-0.1, -0.05) is 173 Å². The molecule has 286 valence electrons. The van der Waals surface area contributed by atoms with E-state index >= 15 is 0 Å². The number of hydrogen-bond acceptors (Lipinski definition) is 0. The molecule has 3 atom stereocenters. The molecule has 0 radical (unpaired) electrons. The van der Waals surface area contributed by atoms with Crippen LogP contribution < -0.4 is 21.2 Å².